The zero-order valence-electron chi connectivity index (χ0n) is 15.8. The van der Waals surface area contributed by atoms with Gasteiger partial charge in [0, 0.05) is 23.1 Å². The predicted octanol–water partition coefficient (Wildman–Crippen LogP) is 3.71. The van der Waals surface area contributed by atoms with Crippen molar-refractivity contribution in [1.29, 1.82) is 0 Å². The monoisotopic (exact) mass is 388 g/mol. The summed E-state index contributed by atoms with van der Waals surface area (Å²) in [6, 6.07) is 19.0. The Labute approximate surface area is 168 Å². The predicted molar refractivity (Wildman–Crippen MR) is 109 cm³/mol. The van der Waals surface area contributed by atoms with Gasteiger partial charge in [-0.15, -0.1) is 0 Å². The highest BCUT2D eigenvalue weighted by molar-refractivity contribution is 6.07. The zero-order chi connectivity index (χ0) is 20.6. The molecule has 6 heteroatoms. The number of aryl methyl sites for hydroxylation is 1. The van der Waals surface area contributed by atoms with E-state index >= 15 is 0 Å². The van der Waals surface area contributed by atoms with E-state index < -0.39 is 11.8 Å². The van der Waals surface area contributed by atoms with Crippen molar-refractivity contribution in [2.45, 2.75) is 13.3 Å². The lowest BCUT2D eigenvalue weighted by molar-refractivity contribution is -0.118. The molecule has 0 saturated carbocycles. The van der Waals surface area contributed by atoms with Crippen LogP contribution in [0.25, 0.3) is 6.08 Å². The van der Waals surface area contributed by atoms with Crippen LogP contribution in [0, 0.1) is 6.92 Å². The van der Waals surface area contributed by atoms with Crippen LogP contribution >= 0.6 is 0 Å². The van der Waals surface area contributed by atoms with Crippen LogP contribution in [0.1, 0.15) is 38.5 Å². The molecule has 2 aromatic carbocycles. The minimum Gasteiger partial charge on any atom is -0.465 e. The van der Waals surface area contributed by atoms with Gasteiger partial charge in [-0.1, -0.05) is 48.0 Å². The van der Waals surface area contributed by atoms with Crippen molar-refractivity contribution in [3.05, 3.63) is 101 Å². The Morgan fingerprint density at radius 1 is 0.862 bits per heavy atom. The molecular formula is C23H20N2O4. The second-order valence-corrected chi connectivity index (χ2v) is 6.43. The summed E-state index contributed by atoms with van der Waals surface area (Å²) >= 11 is 0. The van der Waals surface area contributed by atoms with Crippen molar-refractivity contribution < 1.29 is 18.8 Å². The second kappa shape index (κ2) is 9.32. The van der Waals surface area contributed by atoms with E-state index in [1.807, 2.05) is 19.1 Å². The number of hydrogen-bond acceptors (Lipinski definition) is 4. The molecule has 3 aromatic rings. The van der Waals surface area contributed by atoms with Crippen LogP contribution in [-0.2, 0) is 4.79 Å². The SMILES string of the molecule is Cc1ccc(C(=O)C/C(=C\c2ccco2)C(=O)NNC(=O)c2ccccc2)cc1. The van der Waals surface area contributed by atoms with Gasteiger partial charge in [0.25, 0.3) is 11.8 Å². The molecule has 29 heavy (non-hydrogen) atoms. The van der Waals surface area contributed by atoms with Gasteiger partial charge < -0.3 is 4.42 Å². The molecule has 2 amide bonds. The smallest absolute Gasteiger partial charge is 0.269 e. The minimum atomic E-state index is -0.592. The lowest BCUT2D eigenvalue weighted by Gasteiger charge is -2.10. The highest BCUT2D eigenvalue weighted by Gasteiger charge is 2.17. The summed E-state index contributed by atoms with van der Waals surface area (Å²) in [5.41, 5.74) is 6.82. The maximum absolute atomic E-state index is 12.6. The van der Waals surface area contributed by atoms with Crippen LogP contribution < -0.4 is 10.9 Å². The lowest BCUT2D eigenvalue weighted by Crippen LogP contribution is -2.42. The van der Waals surface area contributed by atoms with Gasteiger partial charge in [0.15, 0.2) is 5.78 Å². The van der Waals surface area contributed by atoms with E-state index in [2.05, 4.69) is 10.9 Å². The maximum Gasteiger partial charge on any atom is 0.269 e. The summed E-state index contributed by atoms with van der Waals surface area (Å²) < 4.78 is 5.26. The van der Waals surface area contributed by atoms with Gasteiger partial charge in [0.2, 0.25) is 0 Å². The van der Waals surface area contributed by atoms with Crippen molar-refractivity contribution >= 4 is 23.7 Å². The van der Waals surface area contributed by atoms with E-state index in [4.69, 9.17) is 4.42 Å². The zero-order valence-corrected chi connectivity index (χ0v) is 15.8. The van der Waals surface area contributed by atoms with Gasteiger partial charge in [0.1, 0.15) is 5.76 Å². The number of benzene rings is 2. The van der Waals surface area contributed by atoms with E-state index in [0.717, 1.165) is 5.56 Å². The van der Waals surface area contributed by atoms with Crippen molar-refractivity contribution in [1.82, 2.24) is 10.9 Å². The summed E-state index contributed by atoms with van der Waals surface area (Å²) in [6.07, 6.45) is 2.81. The third kappa shape index (κ3) is 5.52. The van der Waals surface area contributed by atoms with Crippen LogP contribution in [0.5, 0.6) is 0 Å². The lowest BCUT2D eigenvalue weighted by atomic mass is 10.0. The van der Waals surface area contributed by atoms with Crippen molar-refractivity contribution in [3.63, 3.8) is 0 Å². The Kier molecular flexibility index (Phi) is 6.37. The molecule has 0 fully saturated rings. The Hall–Kier alpha value is -3.93. The fourth-order valence-corrected chi connectivity index (χ4v) is 2.61. The first-order valence-corrected chi connectivity index (χ1v) is 9.02. The highest BCUT2D eigenvalue weighted by Crippen LogP contribution is 2.15. The fourth-order valence-electron chi connectivity index (χ4n) is 2.61. The maximum atomic E-state index is 12.6. The summed E-state index contributed by atoms with van der Waals surface area (Å²) in [5.74, 6) is -0.833. The number of Topliss-reactive ketones (excluding diaryl/α,β-unsaturated/α-hetero) is 1. The molecule has 0 aliphatic carbocycles. The first kappa shape index (κ1) is 19.8. The second-order valence-electron chi connectivity index (χ2n) is 6.43. The summed E-state index contributed by atoms with van der Waals surface area (Å²) in [7, 11) is 0. The number of furan rings is 1. The Morgan fingerprint density at radius 2 is 1.59 bits per heavy atom. The Bertz CT molecular complexity index is 1020. The Morgan fingerprint density at radius 3 is 2.24 bits per heavy atom. The van der Waals surface area contributed by atoms with Crippen LogP contribution in [0.2, 0.25) is 0 Å². The number of hydrogen-bond donors (Lipinski definition) is 2. The van der Waals surface area contributed by atoms with E-state index in [1.54, 1.807) is 54.6 Å². The van der Waals surface area contributed by atoms with Crippen molar-refractivity contribution in [2.24, 2.45) is 0 Å². The fraction of sp³-hybridized carbons (Fsp3) is 0.0870. The van der Waals surface area contributed by atoms with E-state index in [-0.39, 0.29) is 17.8 Å². The third-order valence-corrected chi connectivity index (χ3v) is 4.20. The van der Waals surface area contributed by atoms with Crippen molar-refractivity contribution in [3.8, 4) is 0 Å². The molecular weight excluding hydrogens is 368 g/mol. The van der Waals surface area contributed by atoms with E-state index in [1.165, 1.54) is 12.3 Å². The van der Waals surface area contributed by atoms with Crippen LogP contribution in [-0.4, -0.2) is 17.6 Å². The molecule has 0 spiro atoms. The first-order chi connectivity index (χ1) is 14.0. The number of nitrogens with one attached hydrogen (secondary N) is 2. The molecule has 146 valence electrons. The number of carbonyl (C=O) groups excluding carboxylic acids is 3. The van der Waals surface area contributed by atoms with Gasteiger partial charge in [0.05, 0.1) is 6.26 Å². The molecule has 6 nitrogen and oxygen atoms in total. The molecule has 3 rings (SSSR count). The molecule has 0 radical (unpaired) electrons. The normalized spacial score (nSPS) is 11.0. The van der Waals surface area contributed by atoms with Gasteiger partial charge in [-0.25, -0.2) is 0 Å². The number of carbonyl (C=O) groups is 3. The van der Waals surface area contributed by atoms with Crippen LogP contribution in [0.3, 0.4) is 0 Å². The average Bonchev–Trinajstić information content (AvgIpc) is 3.25. The highest BCUT2D eigenvalue weighted by atomic mass is 16.3. The van der Waals surface area contributed by atoms with Crippen molar-refractivity contribution in [2.75, 3.05) is 0 Å². The van der Waals surface area contributed by atoms with Crippen LogP contribution in [0.4, 0.5) is 0 Å². The molecule has 0 bridgehead atoms. The largest absolute Gasteiger partial charge is 0.465 e. The summed E-state index contributed by atoms with van der Waals surface area (Å²) in [4.78, 5) is 37.4. The number of ketones is 1. The number of amides is 2. The Balaban J connectivity index is 1.73. The number of hydrazine groups is 1. The quantitative estimate of drug-likeness (QED) is 0.383. The molecule has 0 atom stereocenters. The minimum absolute atomic E-state index is 0.142. The average molecular weight is 388 g/mol. The van der Waals surface area contributed by atoms with E-state index in [0.29, 0.717) is 16.9 Å². The topological polar surface area (TPSA) is 88.4 Å². The third-order valence-electron chi connectivity index (χ3n) is 4.20. The summed E-state index contributed by atoms with van der Waals surface area (Å²) in [6.45, 7) is 1.93. The van der Waals surface area contributed by atoms with Crippen LogP contribution in [0.15, 0.2) is 83.0 Å². The molecule has 2 N–H and O–H groups in total. The molecule has 0 saturated heterocycles. The van der Waals surface area contributed by atoms with Gasteiger partial charge in [-0.05, 0) is 37.3 Å². The molecule has 0 aliphatic heterocycles. The van der Waals surface area contributed by atoms with Gasteiger partial charge in [-0.2, -0.15) is 0 Å². The molecule has 0 unspecified atom stereocenters. The molecule has 0 aliphatic rings. The molecule has 1 heterocycles. The first-order valence-electron chi connectivity index (χ1n) is 9.02. The van der Waals surface area contributed by atoms with Gasteiger partial charge >= 0.3 is 0 Å². The van der Waals surface area contributed by atoms with E-state index in [9.17, 15) is 14.4 Å². The summed E-state index contributed by atoms with van der Waals surface area (Å²) in [5, 5.41) is 0. The van der Waals surface area contributed by atoms with Gasteiger partial charge in [-0.3, -0.25) is 25.2 Å². The number of rotatable bonds is 6. The molecule has 1 aromatic heterocycles. The standard InChI is InChI=1S/C23H20N2O4/c1-16-9-11-17(12-10-16)21(26)15-19(14-20-8-5-13-29-20)23(28)25-24-22(27)18-6-3-2-4-7-18/h2-14H,15H2,1H3,(H,24,27)(H,25,28)/b19-14+.